The molecule has 5 heteroatoms. The van der Waals surface area contributed by atoms with Crippen molar-refractivity contribution in [2.45, 2.75) is 38.1 Å². The van der Waals surface area contributed by atoms with E-state index in [9.17, 15) is 10.1 Å². The summed E-state index contributed by atoms with van der Waals surface area (Å²) in [6.45, 7) is 0.247. The third-order valence-electron chi connectivity index (χ3n) is 3.84. The standard InChI is InChI=1S/C15H18N4O/c1-19(9-14(20)17-12-5-6-12)15-11(8-16)7-10-3-2-4-13(10)18-15/h7,12H,2-6,9H2,1H3,(H,17,20). The highest BCUT2D eigenvalue weighted by Crippen LogP contribution is 2.26. The Bertz CT molecular complexity index is 586. The van der Waals surface area contributed by atoms with Gasteiger partial charge in [-0.1, -0.05) is 0 Å². The number of rotatable bonds is 4. The van der Waals surface area contributed by atoms with Crippen molar-refractivity contribution in [1.29, 1.82) is 5.26 Å². The number of carbonyl (C=O) groups excluding carboxylic acids is 1. The van der Waals surface area contributed by atoms with E-state index in [1.807, 2.05) is 13.1 Å². The van der Waals surface area contributed by atoms with Gasteiger partial charge >= 0.3 is 0 Å². The molecule has 1 saturated carbocycles. The van der Waals surface area contributed by atoms with Crippen LogP contribution in [-0.2, 0) is 17.6 Å². The molecule has 1 amide bonds. The average molecular weight is 270 g/mol. The summed E-state index contributed by atoms with van der Waals surface area (Å²) in [5, 5.41) is 12.2. The summed E-state index contributed by atoms with van der Waals surface area (Å²) >= 11 is 0. The molecule has 0 radical (unpaired) electrons. The smallest absolute Gasteiger partial charge is 0.239 e. The number of hydrogen-bond acceptors (Lipinski definition) is 4. The Morgan fingerprint density at radius 3 is 3.05 bits per heavy atom. The van der Waals surface area contributed by atoms with Crippen molar-refractivity contribution in [2.75, 3.05) is 18.5 Å². The number of carbonyl (C=O) groups is 1. The molecule has 3 rings (SSSR count). The first kappa shape index (κ1) is 12.9. The van der Waals surface area contributed by atoms with Crippen LogP contribution in [0.25, 0.3) is 0 Å². The predicted molar refractivity (Wildman–Crippen MR) is 75.4 cm³/mol. The van der Waals surface area contributed by atoms with Gasteiger partial charge in [-0.05, 0) is 43.7 Å². The molecule has 0 bridgehead atoms. The average Bonchev–Trinajstić information content (AvgIpc) is 3.11. The molecule has 2 aliphatic carbocycles. The van der Waals surface area contributed by atoms with E-state index in [0.29, 0.717) is 17.4 Å². The van der Waals surface area contributed by atoms with E-state index < -0.39 is 0 Å². The highest BCUT2D eigenvalue weighted by atomic mass is 16.2. The number of aromatic nitrogens is 1. The van der Waals surface area contributed by atoms with Gasteiger partial charge in [0.15, 0.2) is 0 Å². The van der Waals surface area contributed by atoms with Gasteiger partial charge in [0.2, 0.25) is 5.91 Å². The quantitative estimate of drug-likeness (QED) is 0.891. The minimum absolute atomic E-state index is 0.00110. The minimum atomic E-state index is 0.00110. The third kappa shape index (κ3) is 2.60. The molecule has 0 aliphatic heterocycles. The first-order valence-electron chi connectivity index (χ1n) is 7.11. The lowest BCUT2D eigenvalue weighted by Crippen LogP contribution is -2.37. The number of anilines is 1. The summed E-state index contributed by atoms with van der Waals surface area (Å²) < 4.78 is 0. The van der Waals surface area contributed by atoms with Gasteiger partial charge < -0.3 is 10.2 Å². The molecule has 20 heavy (non-hydrogen) atoms. The summed E-state index contributed by atoms with van der Waals surface area (Å²) in [7, 11) is 1.82. The predicted octanol–water partition coefficient (Wildman–Crippen LogP) is 1.16. The zero-order valence-corrected chi connectivity index (χ0v) is 11.6. The van der Waals surface area contributed by atoms with E-state index in [-0.39, 0.29) is 12.5 Å². The lowest BCUT2D eigenvalue weighted by Gasteiger charge is -2.19. The van der Waals surface area contributed by atoms with E-state index in [0.717, 1.165) is 37.8 Å². The van der Waals surface area contributed by atoms with E-state index >= 15 is 0 Å². The molecule has 1 aromatic rings. The maximum absolute atomic E-state index is 11.8. The molecular formula is C15H18N4O. The summed E-state index contributed by atoms with van der Waals surface area (Å²) in [5.74, 6) is 0.625. The Morgan fingerprint density at radius 2 is 2.35 bits per heavy atom. The Kier molecular flexibility index (Phi) is 3.31. The lowest BCUT2D eigenvalue weighted by atomic mass is 10.1. The van der Waals surface area contributed by atoms with Gasteiger partial charge in [0.05, 0.1) is 12.1 Å². The third-order valence-corrected chi connectivity index (χ3v) is 3.84. The van der Waals surface area contributed by atoms with Crippen molar-refractivity contribution >= 4 is 11.7 Å². The van der Waals surface area contributed by atoms with Gasteiger partial charge in [-0.2, -0.15) is 5.26 Å². The Labute approximate surface area is 118 Å². The first-order valence-corrected chi connectivity index (χ1v) is 7.11. The van der Waals surface area contributed by atoms with Crippen molar-refractivity contribution in [3.05, 3.63) is 22.9 Å². The summed E-state index contributed by atoms with van der Waals surface area (Å²) in [4.78, 5) is 18.2. The fourth-order valence-electron chi connectivity index (χ4n) is 2.63. The SMILES string of the molecule is CN(CC(=O)NC1CC1)c1nc2c(cc1C#N)CCC2. The molecule has 0 aromatic carbocycles. The van der Waals surface area contributed by atoms with Crippen LogP contribution >= 0.6 is 0 Å². The van der Waals surface area contributed by atoms with Gasteiger partial charge in [0.1, 0.15) is 11.9 Å². The normalized spacial score (nSPS) is 16.4. The minimum Gasteiger partial charge on any atom is -0.352 e. The molecule has 1 heterocycles. The summed E-state index contributed by atoms with van der Waals surface area (Å²) in [6.07, 6.45) is 5.23. The highest BCUT2D eigenvalue weighted by molar-refractivity contribution is 5.82. The lowest BCUT2D eigenvalue weighted by molar-refractivity contribution is -0.119. The summed E-state index contributed by atoms with van der Waals surface area (Å²) in [6, 6.07) is 4.49. The largest absolute Gasteiger partial charge is 0.352 e. The van der Waals surface area contributed by atoms with Gasteiger partial charge in [-0.3, -0.25) is 4.79 Å². The Hall–Kier alpha value is -2.09. The number of hydrogen-bond donors (Lipinski definition) is 1. The van der Waals surface area contributed by atoms with Crippen LogP contribution in [0.4, 0.5) is 5.82 Å². The van der Waals surface area contributed by atoms with Crippen molar-refractivity contribution in [1.82, 2.24) is 10.3 Å². The number of nitrogens with zero attached hydrogens (tertiary/aromatic N) is 3. The molecule has 2 aliphatic rings. The molecular weight excluding hydrogens is 252 g/mol. The first-order chi connectivity index (χ1) is 9.67. The Balaban J connectivity index is 1.77. The molecule has 104 valence electrons. The van der Waals surface area contributed by atoms with Crippen LogP contribution < -0.4 is 10.2 Å². The molecule has 0 unspecified atom stereocenters. The monoisotopic (exact) mass is 270 g/mol. The second-order valence-corrected chi connectivity index (χ2v) is 5.63. The van der Waals surface area contributed by atoms with Gasteiger partial charge in [-0.25, -0.2) is 4.98 Å². The number of likely N-dealkylation sites (N-methyl/N-ethyl adjacent to an activating group) is 1. The number of pyridine rings is 1. The molecule has 1 aromatic heterocycles. The number of amides is 1. The number of nitrogens with one attached hydrogen (secondary N) is 1. The van der Waals surface area contributed by atoms with E-state index in [4.69, 9.17) is 0 Å². The van der Waals surface area contributed by atoms with Crippen LogP contribution in [0.3, 0.4) is 0 Å². The van der Waals surface area contributed by atoms with Crippen LogP contribution in [0.5, 0.6) is 0 Å². The fraction of sp³-hybridized carbons (Fsp3) is 0.533. The fourth-order valence-corrected chi connectivity index (χ4v) is 2.63. The molecule has 0 saturated heterocycles. The van der Waals surface area contributed by atoms with Gasteiger partial charge in [0, 0.05) is 18.8 Å². The van der Waals surface area contributed by atoms with Crippen molar-refractivity contribution < 1.29 is 4.79 Å². The second-order valence-electron chi connectivity index (χ2n) is 5.63. The molecule has 0 atom stereocenters. The molecule has 1 N–H and O–H groups in total. The zero-order chi connectivity index (χ0) is 14.1. The van der Waals surface area contributed by atoms with E-state index in [1.165, 1.54) is 5.56 Å². The number of nitriles is 1. The molecule has 1 fully saturated rings. The van der Waals surface area contributed by atoms with Crippen molar-refractivity contribution in [3.8, 4) is 6.07 Å². The number of fused-ring (bicyclic) bond motifs is 1. The summed E-state index contributed by atoms with van der Waals surface area (Å²) in [5.41, 5.74) is 2.82. The van der Waals surface area contributed by atoms with Gasteiger partial charge in [-0.15, -0.1) is 0 Å². The second kappa shape index (κ2) is 5.12. The van der Waals surface area contributed by atoms with Crippen molar-refractivity contribution in [3.63, 3.8) is 0 Å². The van der Waals surface area contributed by atoms with Crippen LogP contribution in [0.2, 0.25) is 0 Å². The van der Waals surface area contributed by atoms with Gasteiger partial charge in [0.25, 0.3) is 0 Å². The maximum Gasteiger partial charge on any atom is 0.239 e. The Morgan fingerprint density at radius 1 is 1.55 bits per heavy atom. The zero-order valence-electron chi connectivity index (χ0n) is 11.6. The highest BCUT2D eigenvalue weighted by Gasteiger charge is 2.24. The van der Waals surface area contributed by atoms with Crippen LogP contribution in [0.1, 0.15) is 36.1 Å². The number of aryl methyl sites for hydroxylation is 2. The van der Waals surface area contributed by atoms with E-state index in [2.05, 4.69) is 16.4 Å². The maximum atomic E-state index is 11.8. The molecule has 5 nitrogen and oxygen atoms in total. The van der Waals surface area contributed by atoms with Crippen LogP contribution in [0.15, 0.2) is 6.07 Å². The molecule has 0 spiro atoms. The van der Waals surface area contributed by atoms with E-state index in [1.54, 1.807) is 4.90 Å². The van der Waals surface area contributed by atoms with Crippen LogP contribution in [0, 0.1) is 11.3 Å². The topological polar surface area (TPSA) is 69.0 Å². The van der Waals surface area contributed by atoms with Crippen LogP contribution in [-0.4, -0.2) is 30.5 Å². The van der Waals surface area contributed by atoms with Crippen molar-refractivity contribution in [2.24, 2.45) is 0 Å².